The Hall–Kier alpha value is -3.92. The van der Waals surface area contributed by atoms with E-state index >= 15 is 0 Å². The van der Waals surface area contributed by atoms with Gasteiger partial charge in [0.2, 0.25) is 5.88 Å². The SMILES string of the molecule is O=C(NCc1ccc(Oc2cccc(F)c2)nc1)c1cnn(-c2cccc(Cl)c2)c1C(F)(F)F. The Morgan fingerprint density at radius 1 is 1.06 bits per heavy atom. The summed E-state index contributed by atoms with van der Waals surface area (Å²) in [6, 6.07) is 14.3. The standard InChI is InChI=1S/C23H15ClF4N4O2/c24-15-3-1-5-17(9-15)32-21(23(26,27)28)19(13-31-32)22(33)30-12-14-7-8-20(29-11-14)34-18-6-2-4-16(25)10-18/h1-11,13H,12H2,(H,30,33). The largest absolute Gasteiger partial charge is 0.439 e. The van der Waals surface area contributed by atoms with Crippen LogP contribution in [-0.2, 0) is 12.7 Å². The maximum atomic E-state index is 13.8. The average molecular weight is 491 g/mol. The average Bonchev–Trinajstić information content (AvgIpc) is 3.25. The minimum absolute atomic E-state index is 0.0666. The van der Waals surface area contributed by atoms with E-state index in [1.165, 1.54) is 54.7 Å². The zero-order valence-electron chi connectivity index (χ0n) is 17.2. The predicted molar refractivity (Wildman–Crippen MR) is 115 cm³/mol. The van der Waals surface area contributed by atoms with Crippen molar-refractivity contribution in [3.63, 3.8) is 0 Å². The van der Waals surface area contributed by atoms with Crippen molar-refractivity contribution in [1.82, 2.24) is 20.1 Å². The summed E-state index contributed by atoms with van der Waals surface area (Å²) in [5.41, 5.74) is -1.27. The summed E-state index contributed by atoms with van der Waals surface area (Å²) >= 11 is 5.88. The van der Waals surface area contributed by atoms with Crippen LogP contribution in [0.1, 0.15) is 21.6 Å². The van der Waals surface area contributed by atoms with Crippen molar-refractivity contribution in [2.45, 2.75) is 12.7 Å². The van der Waals surface area contributed by atoms with E-state index in [1.54, 1.807) is 12.1 Å². The van der Waals surface area contributed by atoms with Gasteiger partial charge in [0, 0.05) is 29.9 Å². The Morgan fingerprint density at radius 3 is 2.53 bits per heavy atom. The molecule has 6 nitrogen and oxygen atoms in total. The second-order valence-corrected chi connectivity index (χ2v) is 7.48. The van der Waals surface area contributed by atoms with Crippen molar-refractivity contribution >= 4 is 17.5 Å². The first-order valence-corrected chi connectivity index (χ1v) is 10.2. The third kappa shape index (κ3) is 5.34. The lowest BCUT2D eigenvalue weighted by molar-refractivity contribution is -0.143. The van der Waals surface area contributed by atoms with Crippen molar-refractivity contribution in [1.29, 1.82) is 0 Å². The Morgan fingerprint density at radius 2 is 1.85 bits per heavy atom. The van der Waals surface area contributed by atoms with Crippen LogP contribution in [0.4, 0.5) is 17.6 Å². The molecular weight excluding hydrogens is 476 g/mol. The molecule has 4 rings (SSSR count). The number of pyridine rings is 1. The monoisotopic (exact) mass is 490 g/mol. The van der Waals surface area contributed by atoms with Gasteiger partial charge < -0.3 is 10.1 Å². The maximum absolute atomic E-state index is 13.8. The summed E-state index contributed by atoms with van der Waals surface area (Å²) in [6.45, 7) is -0.0915. The molecule has 2 aromatic carbocycles. The van der Waals surface area contributed by atoms with E-state index in [1.807, 2.05) is 0 Å². The number of benzene rings is 2. The molecule has 0 radical (unpaired) electrons. The van der Waals surface area contributed by atoms with Crippen LogP contribution in [0, 0.1) is 5.82 Å². The van der Waals surface area contributed by atoms with Crippen LogP contribution >= 0.6 is 11.6 Å². The number of aromatic nitrogens is 3. The lowest BCUT2D eigenvalue weighted by atomic mass is 10.2. The van der Waals surface area contributed by atoms with Crippen LogP contribution in [0.5, 0.6) is 11.6 Å². The van der Waals surface area contributed by atoms with Crippen LogP contribution in [0.2, 0.25) is 5.02 Å². The molecule has 0 aliphatic carbocycles. The molecule has 0 saturated heterocycles. The first-order valence-electron chi connectivity index (χ1n) is 9.78. The number of hydrogen-bond acceptors (Lipinski definition) is 4. The first-order chi connectivity index (χ1) is 16.2. The summed E-state index contributed by atoms with van der Waals surface area (Å²) in [6.07, 6.45) is -2.61. The molecule has 0 fully saturated rings. The molecule has 4 aromatic rings. The number of alkyl halides is 3. The van der Waals surface area contributed by atoms with Crippen molar-refractivity contribution in [2.75, 3.05) is 0 Å². The van der Waals surface area contributed by atoms with E-state index in [0.29, 0.717) is 10.2 Å². The summed E-state index contributed by atoms with van der Waals surface area (Å²) in [4.78, 5) is 16.6. The van der Waals surface area contributed by atoms with Gasteiger partial charge in [0.15, 0.2) is 5.69 Å². The molecule has 0 bridgehead atoms. The Labute approximate surface area is 195 Å². The molecular formula is C23H15ClF4N4O2. The summed E-state index contributed by atoms with van der Waals surface area (Å²) in [7, 11) is 0. The molecule has 34 heavy (non-hydrogen) atoms. The third-order valence-corrected chi connectivity index (χ3v) is 4.84. The van der Waals surface area contributed by atoms with Crippen LogP contribution in [-0.4, -0.2) is 20.7 Å². The molecule has 1 amide bonds. The highest BCUT2D eigenvalue weighted by Gasteiger charge is 2.40. The van der Waals surface area contributed by atoms with E-state index in [0.717, 1.165) is 6.20 Å². The van der Waals surface area contributed by atoms with Crippen LogP contribution in [0.15, 0.2) is 73.1 Å². The zero-order valence-corrected chi connectivity index (χ0v) is 17.9. The number of nitrogens with zero attached hydrogens (tertiary/aromatic N) is 3. The molecule has 0 spiro atoms. The number of amides is 1. The van der Waals surface area contributed by atoms with Gasteiger partial charge in [-0.1, -0.05) is 29.8 Å². The van der Waals surface area contributed by atoms with Gasteiger partial charge in [-0.2, -0.15) is 18.3 Å². The third-order valence-electron chi connectivity index (χ3n) is 4.60. The molecule has 0 aliphatic heterocycles. The molecule has 0 saturated carbocycles. The number of hydrogen-bond donors (Lipinski definition) is 1. The van der Waals surface area contributed by atoms with E-state index in [2.05, 4.69) is 15.4 Å². The highest BCUT2D eigenvalue weighted by molar-refractivity contribution is 6.30. The number of halogens is 5. The Kier molecular flexibility index (Phi) is 6.51. The highest BCUT2D eigenvalue weighted by atomic mass is 35.5. The second kappa shape index (κ2) is 9.52. The second-order valence-electron chi connectivity index (χ2n) is 7.04. The molecule has 1 N–H and O–H groups in total. The van der Waals surface area contributed by atoms with Gasteiger partial charge in [-0.05, 0) is 35.9 Å². The van der Waals surface area contributed by atoms with Crippen molar-refractivity contribution < 1.29 is 27.1 Å². The zero-order chi connectivity index (χ0) is 24.3. The highest BCUT2D eigenvalue weighted by Crippen LogP contribution is 2.34. The normalized spacial score (nSPS) is 11.3. The smallest absolute Gasteiger partial charge is 0.434 e. The Balaban J connectivity index is 1.48. The molecule has 2 heterocycles. The fourth-order valence-electron chi connectivity index (χ4n) is 3.10. The van der Waals surface area contributed by atoms with E-state index < -0.39 is 29.2 Å². The number of carbonyl (C=O) groups is 1. The van der Waals surface area contributed by atoms with Crippen LogP contribution in [0.25, 0.3) is 5.69 Å². The molecule has 174 valence electrons. The lowest BCUT2D eigenvalue weighted by Gasteiger charge is -2.13. The first kappa shape index (κ1) is 23.2. The van der Waals surface area contributed by atoms with Gasteiger partial charge >= 0.3 is 6.18 Å². The molecule has 0 unspecified atom stereocenters. The molecule has 2 aromatic heterocycles. The molecule has 0 atom stereocenters. The summed E-state index contributed by atoms with van der Waals surface area (Å²) in [5, 5.41) is 6.41. The quantitative estimate of drug-likeness (QED) is 0.347. The lowest BCUT2D eigenvalue weighted by Crippen LogP contribution is -2.26. The van der Waals surface area contributed by atoms with Gasteiger partial charge in [-0.25, -0.2) is 14.1 Å². The Bertz CT molecular complexity index is 1320. The van der Waals surface area contributed by atoms with Crippen LogP contribution in [0.3, 0.4) is 0 Å². The fraction of sp³-hybridized carbons (Fsp3) is 0.0870. The van der Waals surface area contributed by atoms with Gasteiger partial charge in [-0.3, -0.25) is 4.79 Å². The fourth-order valence-corrected chi connectivity index (χ4v) is 3.28. The van der Waals surface area contributed by atoms with Crippen LogP contribution < -0.4 is 10.1 Å². The van der Waals surface area contributed by atoms with Gasteiger partial charge in [0.25, 0.3) is 5.91 Å². The minimum atomic E-state index is -4.84. The number of carbonyl (C=O) groups excluding carboxylic acids is 1. The maximum Gasteiger partial charge on any atom is 0.434 e. The van der Waals surface area contributed by atoms with Gasteiger partial charge in [0.1, 0.15) is 11.6 Å². The number of rotatable bonds is 6. The van der Waals surface area contributed by atoms with Crippen molar-refractivity contribution in [3.8, 4) is 17.3 Å². The minimum Gasteiger partial charge on any atom is -0.439 e. The van der Waals surface area contributed by atoms with Gasteiger partial charge in [-0.15, -0.1) is 0 Å². The molecule has 11 heteroatoms. The van der Waals surface area contributed by atoms with E-state index in [4.69, 9.17) is 16.3 Å². The molecule has 0 aliphatic rings. The predicted octanol–water partition coefficient (Wildman–Crippen LogP) is 5.80. The van der Waals surface area contributed by atoms with E-state index in [9.17, 15) is 22.4 Å². The van der Waals surface area contributed by atoms with Crippen molar-refractivity contribution in [3.05, 3.63) is 101 Å². The van der Waals surface area contributed by atoms with Crippen molar-refractivity contribution in [2.24, 2.45) is 0 Å². The number of nitrogens with one attached hydrogen (secondary N) is 1. The van der Waals surface area contributed by atoms with E-state index in [-0.39, 0.29) is 28.9 Å². The topological polar surface area (TPSA) is 69.0 Å². The summed E-state index contributed by atoms with van der Waals surface area (Å²) < 4.78 is 60.6. The number of ether oxygens (including phenoxy) is 1. The van der Waals surface area contributed by atoms with Gasteiger partial charge in [0.05, 0.1) is 17.4 Å². The summed E-state index contributed by atoms with van der Waals surface area (Å²) in [5.74, 6) is -0.984.